The first-order valence-electron chi connectivity index (χ1n) is 3.56. The Balaban J connectivity index is 3.11. The molecule has 0 unspecified atom stereocenters. The molecule has 13 heavy (non-hydrogen) atoms. The summed E-state index contributed by atoms with van der Waals surface area (Å²) >= 11 is 0. The molecule has 0 saturated heterocycles. The quantitative estimate of drug-likeness (QED) is 0.524. The van der Waals surface area contributed by atoms with Crippen molar-refractivity contribution in [1.82, 2.24) is 0 Å². The third kappa shape index (κ3) is 2.33. The van der Waals surface area contributed by atoms with Crippen molar-refractivity contribution in [2.45, 2.75) is 0 Å². The summed E-state index contributed by atoms with van der Waals surface area (Å²) in [6.07, 6.45) is 0. The van der Waals surface area contributed by atoms with Gasteiger partial charge < -0.3 is 16.2 Å². The summed E-state index contributed by atoms with van der Waals surface area (Å²) in [5.74, 6) is -0.178. The monoisotopic (exact) mass is 183 g/mol. The van der Waals surface area contributed by atoms with Gasteiger partial charge in [-0.15, -0.1) is 0 Å². The number of halogens is 1. The topological polar surface area (TPSA) is 73.6 Å². The highest BCUT2D eigenvalue weighted by molar-refractivity contribution is 5.79. The van der Waals surface area contributed by atoms with Crippen LogP contribution in [0.15, 0.2) is 23.2 Å². The summed E-state index contributed by atoms with van der Waals surface area (Å²) in [7, 11) is 1.48. The van der Waals surface area contributed by atoms with Crippen LogP contribution >= 0.6 is 0 Å². The number of hydrogen-bond donors (Lipinski definition) is 2. The van der Waals surface area contributed by atoms with E-state index in [0.29, 0.717) is 5.75 Å². The van der Waals surface area contributed by atoms with E-state index >= 15 is 0 Å². The van der Waals surface area contributed by atoms with E-state index < -0.39 is 5.82 Å². The Morgan fingerprint density at radius 3 is 2.69 bits per heavy atom. The van der Waals surface area contributed by atoms with Gasteiger partial charge in [0.25, 0.3) is 0 Å². The Labute approximate surface area is 75.0 Å². The lowest BCUT2D eigenvalue weighted by Crippen LogP contribution is -2.22. The van der Waals surface area contributed by atoms with Gasteiger partial charge in [0.05, 0.1) is 7.11 Å². The maximum atomic E-state index is 13.0. The Morgan fingerprint density at radius 1 is 1.46 bits per heavy atom. The number of ether oxygens (including phenoxy) is 1. The molecule has 0 bridgehead atoms. The Morgan fingerprint density at radius 2 is 2.15 bits per heavy atom. The van der Waals surface area contributed by atoms with Gasteiger partial charge in [0.1, 0.15) is 17.3 Å². The van der Waals surface area contributed by atoms with Crippen LogP contribution in [0.1, 0.15) is 0 Å². The smallest absolute Gasteiger partial charge is 0.191 e. The number of methoxy groups -OCH3 is 1. The van der Waals surface area contributed by atoms with Crippen LogP contribution in [0, 0.1) is 5.82 Å². The maximum absolute atomic E-state index is 13.0. The summed E-state index contributed by atoms with van der Waals surface area (Å²) in [5.41, 5.74) is 10.3. The fourth-order valence-corrected chi connectivity index (χ4v) is 0.844. The van der Waals surface area contributed by atoms with E-state index in [1.165, 1.54) is 25.3 Å². The normalized spacial score (nSPS) is 9.38. The first kappa shape index (κ1) is 9.31. The standard InChI is InChI=1S/C8H10FN3O/c1-13-5-2-3-6(9)7(4-5)12-8(10)11/h2-4H,1H3,(H4,10,11,12). The fraction of sp³-hybridized carbons (Fsp3) is 0.125. The molecular formula is C8H10FN3O. The molecule has 1 aromatic carbocycles. The molecule has 70 valence electrons. The zero-order valence-corrected chi connectivity index (χ0v) is 7.12. The molecule has 0 spiro atoms. The molecule has 0 aliphatic rings. The highest BCUT2D eigenvalue weighted by Crippen LogP contribution is 2.23. The number of aliphatic imine (C=N–C) groups is 1. The van der Waals surface area contributed by atoms with Crippen molar-refractivity contribution in [3.63, 3.8) is 0 Å². The molecule has 1 rings (SSSR count). The van der Waals surface area contributed by atoms with Crippen molar-refractivity contribution in [3.05, 3.63) is 24.0 Å². The van der Waals surface area contributed by atoms with Crippen molar-refractivity contribution in [2.75, 3.05) is 7.11 Å². The predicted molar refractivity (Wildman–Crippen MR) is 48.4 cm³/mol. The van der Waals surface area contributed by atoms with Gasteiger partial charge in [0.2, 0.25) is 0 Å². The molecule has 5 heteroatoms. The SMILES string of the molecule is COc1ccc(F)c(N=C(N)N)c1. The van der Waals surface area contributed by atoms with Gasteiger partial charge in [-0.3, -0.25) is 0 Å². The molecular weight excluding hydrogens is 173 g/mol. The van der Waals surface area contributed by atoms with Crippen LogP contribution in [0.2, 0.25) is 0 Å². The van der Waals surface area contributed by atoms with Gasteiger partial charge in [-0.25, -0.2) is 9.38 Å². The van der Waals surface area contributed by atoms with Gasteiger partial charge in [-0.2, -0.15) is 0 Å². The minimum absolute atomic E-state index is 0.0688. The predicted octanol–water partition coefficient (Wildman–Crippen LogP) is 0.739. The molecule has 1 aromatic rings. The van der Waals surface area contributed by atoms with E-state index in [1.54, 1.807) is 0 Å². The third-order valence-electron chi connectivity index (χ3n) is 1.40. The molecule has 0 fully saturated rings. The highest BCUT2D eigenvalue weighted by Gasteiger charge is 2.02. The zero-order chi connectivity index (χ0) is 9.84. The zero-order valence-electron chi connectivity index (χ0n) is 7.12. The first-order chi connectivity index (χ1) is 6.13. The second-order valence-electron chi connectivity index (χ2n) is 2.35. The molecule has 0 aromatic heterocycles. The van der Waals surface area contributed by atoms with Crippen LogP contribution < -0.4 is 16.2 Å². The first-order valence-corrected chi connectivity index (χ1v) is 3.56. The van der Waals surface area contributed by atoms with Crippen molar-refractivity contribution in [3.8, 4) is 5.75 Å². The summed E-state index contributed by atoms with van der Waals surface area (Å²) in [5, 5.41) is 0. The Hall–Kier alpha value is -1.78. The maximum Gasteiger partial charge on any atom is 0.191 e. The van der Waals surface area contributed by atoms with Crippen molar-refractivity contribution >= 4 is 11.6 Å². The van der Waals surface area contributed by atoms with E-state index in [2.05, 4.69) is 4.99 Å². The van der Waals surface area contributed by atoms with Gasteiger partial charge in [-0.1, -0.05) is 0 Å². The number of nitrogens with two attached hydrogens (primary N) is 2. The van der Waals surface area contributed by atoms with Gasteiger partial charge >= 0.3 is 0 Å². The number of hydrogen-bond acceptors (Lipinski definition) is 2. The van der Waals surface area contributed by atoms with E-state index in [-0.39, 0.29) is 11.6 Å². The number of guanidine groups is 1. The summed E-state index contributed by atoms with van der Waals surface area (Å²) in [6, 6.07) is 4.14. The van der Waals surface area contributed by atoms with E-state index in [0.717, 1.165) is 0 Å². The van der Waals surface area contributed by atoms with Crippen LogP contribution in [0.4, 0.5) is 10.1 Å². The number of nitrogens with zero attached hydrogens (tertiary/aromatic N) is 1. The lowest BCUT2D eigenvalue weighted by molar-refractivity contribution is 0.414. The number of benzene rings is 1. The van der Waals surface area contributed by atoms with Gasteiger partial charge in [-0.05, 0) is 12.1 Å². The van der Waals surface area contributed by atoms with Gasteiger partial charge in [0, 0.05) is 6.07 Å². The summed E-state index contributed by atoms with van der Waals surface area (Å²) in [6.45, 7) is 0. The molecule has 4 nitrogen and oxygen atoms in total. The van der Waals surface area contributed by atoms with Crippen LogP contribution in [0.5, 0.6) is 5.75 Å². The van der Waals surface area contributed by atoms with Gasteiger partial charge in [0.15, 0.2) is 5.96 Å². The number of rotatable bonds is 2. The highest BCUT2D eigenvalue weighted by atomic mass is 19.1. The minimum Gasteiger partial charge on any atom is -0.497 e. The van der Waals surface area contributed by atoms with E-state index in [4.69, 9.17) is 16.2 Å². The van der Waals surface area contributed by atoms with Crippen molar-refractivity contribution in [1.29, 1.82) is 0 Å². The van der Waals surface area contributed by atoms with Crippen LogP contribution in [0.25, 0.3) is 0 Å². The average Bonchev–Trinajstić information content (AvgIpc) is 2.08. The molecule has 4 N–H and O–H groups in total. The lowest BCUT2D eigenvalue weighted by atomic mass is 10.3. The Kier molecular flexibility index (Phi) is 2.69. The van der Waals surface area contributed by atoms with Crippen LogP contribution in [0.3, 0.4) is 0 Å². The molecule has 0 saturated carbocycles. The fourth-order valence-electron chi connectivity index (χ4n) is 0.844. The van der Waals surface area contributed by atoms with Crippen molar-refractivity contribution in [2.24, 2.45) is 16.5 Å². The minimum atomic E-state index is -0.491. The average molecular weight is 183 g/mol. The molecule has 0 atom stereocenters. The summed E-state index contributed by atoms with van der Waals surface area (Å²) < 4.78 is 17.9. The summed E-state index contributed by atoms with van der Waals surface area (Å²) in [4.78, 5) is 3.58. The second-order valence-corrected chi connectivity index (χ2v) is 2.35. The van der Waals surface area contributed by atoms with Crippen LogP contribution in [-0.4, -0.2) is 13.1 Å². The lowest BCUT2D eigenvalue weighted by Gasteiger charge is -2.01. The molecule has 0 amide bonds. The molecule has 0 aliphatic heterocycles. The molecule has 0 aliphatic carbocycles. The van der Waals surface area contributed by atoms with Crippen molar-refractivity contribution < 1.29 is 9.13 Å². The van der Waals surface area contributed by atoms with E-state index in [1.807, 2.05) is 0 Å². The third-order valence-corrected chi connectivity index (χ3v) is 1.40. The van der Waals surface area contributed by atoms with E-state index in [9.17, 15) is 4.39 Å². The largest absolute Gasteiger partial charge is 0.497 e. The Bertz CT molecular complexity index is 334. The molecule has 0 radical (unpaired) electrons. The van der Waals surface area contributed by atoms with Crippen LogP contribution in [-0.2, 0) is 0 Å². The molecule has 0 heterocycles. The second kappa shape index (κ2) is 3.75.